The van der Waals surface area contributed by atoms with E-state index >= 15 is 0 Å². The van der Waals surface area contributed by atoms with E-state index in [1.165, 1.54) is 12.1 Å². The first-order valence-corrected chi connectivity index (χ1v) is 8.72. The molecule has 3 amide bonds. The molecule has 0 aliphatic carbocycles. The number of ether oxygens (including phenoxy) is 1. The van der Waals surface area contributed by atoms with Crippen LogP contribution in [0.1, 0.15) is 0 Å². The SMILES string of the molecule is O=C1COc2cc(NC(=O)N3CCN(c4ccc(F)cc4)CC3)ccc2N1. The number of rotatable bonds is 2. The van der Waals surface area contributed by atoms with Gasteiger partial charge in [-0.05, 0) is 36.4 Å². The highest BCUT2D eigenvalue weighted by atomic mass is 19.1. The van der Waals surface area contributed by atoms with E-state index in [4.69, 9.17) is 4.74 Å². The minimum atomic E-state index is -0.259. The van der Waals surface area contributed by atoms with Gasteiger partial charge >= 0.3 is 6.03 Å². The van der Waals surface area contributed by atoms with E-state index in [1.54, 1.807) is 35.2 Å². The molecule has 2 aliphatic heterocycles. The summed E-state index contributed by atoms with van der Waals surface area (Å²) < 4.78 is 18.4. The van der Waals surface area contributed by atoms with Crippen molar-refractivity contribution >= 4 is 29.0 Å². The molecule has 0 saturated carbocycles. The van der Waals surface area contributed by atoms with Gasteiger partial charge in [0, 0.05) is 43.6 Å². The zero-order valence-corrected chi connectivity index (χ0v) is 14.6. The fourth-order valence-electron chi connectivity index (χ4n) is 3.17. The maximum absolute atomic E-state index is 13.0. The molecule has 2 heterocycles. The third-order valence-corrected chi connectivity index (χ3v) is 4.62. The van der Waals surface area contributed by atoms with Crippen molar-refractivity contribution in [2.75, 3.05) is 48.3 Å². The second kappa shape index (κ2) is 7.14. The van der Waals surface area contributed by atoms with E-state index in [-0.39, 0.29) is 24.4 Å². The number of fused-ring (bicyclic) bond motifs is 1. The number of benzene rings is 2. The smallest absolute Gasteiger partial charge is 0.321 e. The summed E-state index contributed by atoms with van der Waals surface area (Å²) >= 11 is 0. The standard InChI is InChI=1S/C19H19FN4O3/c20-13-1-4-15(5-2-13)23-7-9-24(10-8-23)19(26)21-14-3-6-16-17(11-14)27-12-18(25)22-16/h1-6,11H,7-10,12H2,(H,21,26)(H,22,25). The Labute approximate surface area is 155 Å². The normalized spacial score (nSPS) is 16.3. The molecule has 2 aromatic carbocycles. The molecule has 4 rings (SSSR count). The Morgan fingerprint density at radius 3 is 2.56 bits per heavy atom. The first-order chi connectivity index (χ1) is 13.1. The molecule has 27 heavy (non-hydrogen) atoms. The summed E-state index contributed by atoms with van der Waals surface area (Å²) in [6, 6.07) is 11.3. The van der Waals surface area contributed by atoms with Crippen molar-refractivity contribution in [3.05, 3.63) is 48.3 Å². The number of carbonyl (C=O) groups excluding carboxylic acids is 2. The van der Waals surface area contributed by atoms with Crippen LogP contribution in [0.5, 0.6) is 5.75 Å². The molecule has 2 aromatic rings. The van der Waals surface area contributed by atoms with Crippen LogP contribution in [0.15, 0.2) is 42.5 Å². The zero-order valence-electron chi connectivity index (χ0n) is 14.6. The molecule has 0 atom stereocenters. The number of hydrogen-bond acceptors (Lipinski definition) is 4. The highest BCUT2D eigenvalue weighted by Gasteiger charge is 2.22. The summed E-state index contributed by atoms with van der Waals surface area (Å²) in [4.78, 5) is 27.7. The van der Waals surface area contributed by atoms with Crippen LogP contribution in [-0.4, -0.2) is 49.6 Å². The van der Waals surface area contributed by atoms with Crippen LogP contribution >= 0.6 is 0 Å². The summed E-state index contributed by atoms with van der Waals surface area (Å²) in [6.45, 7) is 2.47. The Bertz CT molecular complexity index is 864. The van der Waals surface area contributed by atoms with Crippen LogP contribution < -0.4 is 20.3 Å². The highest BCUT2D eigenvalue weighted by Crippen LogP contribution is 2.30. The van der Waals surface area contributed by atoms with E-state index in [0.29, 0.717) is 43.3 Å². The van der Waals surface area contributed by atoms with Crippen LogP contribution in [0.25, 0.3) is 0 Å². The summed E-state index contributed by atoms with van der Waals surface area (Å²) in [5.41, 5.74) is 2.15. The second-order valence-electron chi connectivity index (χ2n) is 6.43. The lowest BCUT2D eigenvalue weighted by molar-refractivity contribution is -0.118. The molecular formula is C19H19FN4O3. The Hall–Kier alpha value is -3.29. The van der Waals surface area contributed by atoms with Gasteiger partial charge < -0.3 is 25.2 Å². The van der Waals surface area contributed by atoms with Gasteiger partial charge in [0.15, 0.2) is 6.61 Å². The molecule has 8 heteroatoms. The van der Waals surface area contributed by atoms with Gasteiger partial charge in [-0.3, -0.25) is 4.79 Å². The van der Waals surface area contributed by atoms with E-state index in [0.717, 1.165) is 5.69 Å². The van der Waals surface area contributed by atoms with Gasteiger partial charge in [0.1, 0.15) is 11.6 Å². The van der Waals surface area contributed by atoms with E-state index < -0.39 is 0 Å². The van der Waals surface area contributed by atoms with Crippen LogP contribution in [0.4, 0.5) is 26.2 Å². The second-order valence-corrected chi connectivity index (χ2v) is 6.43. The third-order valence-electron chi connectivity index (χ3n) is 4.62. The number of nitrogens with zero attached hydrogens (tertiary/aromatic N) is 2. The number of urea groups is 1. The van der Waals surface area contributed by atoms with Gasteiger partial charge in [-0.15, -0.1) is 0 Å². The summed E-state index contributed by atoms with van der Waals surface area (Å²) in [5.74, 6) is 0.0807. The van der Waals surface area contributed by atoms with Gasteiger partial charge in [-0.2, -0.15) is 0 Å². The molecule has 0 aromatic heterocycles. The van der Waals surface area contributed by atoms with Crippen LogP contribution in [-0.2, 0) is 4.79 Å². The maximum Gasteiger partial charge on any atom is 0.321 e. The van der Waals surface area contributed by atoms with E-state index in [9.17, 15) is 14.0 Å². The fourth-order valence-corrected chi connectivity index (χ4v) is 3.17. The molecule has 0 unspecified atom stereocenters. The highest BCUT2D eigenvalue weighted by molar-refractivity contribution is 5.96. The van der Waals surface area contributed by atoms with Crippen molar-refractivity contribution in [3.8, 4) is 5.75 Å². The average Bonchev–Trinajstić information content (AvgIpc) is 2.69. The van der Waals surface area contributed by atoms with Gasteiger partial charge in [0.25, 0.3) is 5.91 Å². The lowest BCUT2D eigenvalue weighted by Gasteiger charge is -2.36. The number of hydrogen-bond donors (Lipinski definition) is 2. The largest absolute Gasteiger partial charge is 0.482 e. The van der Waals surface area contributed by atoms with Crippen molar-refractivity contribution in [2.45, 2.75) is 0 Å². The first kappa shape index (κ1) is 17.1. The number of carbonyl (C=O) groups is 2. The maximum atomic E-state index is 13.0. The predicted octanol–water partition coefficient (Wildman–Crippen LogP) is 2.51. The Kier molecular flexibility index (Phi) is 4.53. The number of anilines is 3. The first-order valence-electron chi connectivity index (χ1n) is 8.72. The average molecular weight is 370 g/mol. The van der Waals surface area contributed by atoms with Gasteiger partial charge in [-0.1, -0.05) is 0 Å². The number of nitrogens with one attached hydrogen (secondary N) is 2. The van der Waals surface area contributed by atoms with Crippen molar-refractivity contribution < 1.29 is 18.7 Å². The minimum Gasteiger partial charge on any atom is -0.482 e. The molecule has 2 aliphatic rings. The number of amides is 3. The number of piperazine rings is 1. The molecular weight excluding hydrogens is 351 g/mol. The van der Waals surface area contributed by atoms with Crippen molar-refractivity contribution in [2.24, 2.45) is 0 Å². The molecule has 7 nitrogen and oxygen atoms in total. The lowest BCUT2D eigenvalue weighted by Crippen LogP contribution is -2.50. The van der Waals surface area contributed by atoms with Gasteiger partial charge in [-0.25, -0.2) is 9.18 Å². The van der Waals surface area contributed by atoms with E-state index in [2.05, 4.69) is 15.5 Å². The minimum absolute atomic E-state index is 0.0320. The van der Waals surface area contributed by atoms with Gasteiger partial charge in [0.2, 0.25) is 0 Å². The third kappa shape index (κ3) is 3.79. The Balaban J connectivity index is 1.34. The van der Waals surface area contributed by atoms with E-state index in [1.807, 2.05) is 0 Å². The summed E-state index contributed by atoms with van der Waals surface area (Å²) in [5, 5.41) is 5.57. The Morgan fingerprint density at radius 1 is 1.07 bits per heavy atom. The summed E-state index contributed by atoms with van der Waals surface area (Å²) in [7, 11) is 0. The molecule has 2 N–H and O–H groups in total. The van der Waals surface area contributed by atoms with Crippen LogP contribution in [0.3, 0.4) is 0 Å². The van der Waals surface area contributed by atoms with Crippen molar-refractivity contribution in [1.29, 1.82) is 0 Å². The van der Waals surface area contributed by atoms with Crippen LogP contribution in [0, 0.1) is 5.82 Å². The van der Waals surface area contributed by atoms with Crippen LogP contribution in [0.2, 0.25) is 0 Å². The molecule has 0 radical (unpaired) electrons. The van der Waals surface area contributed by atoms with Crippen molar-refractivity contribution in [1.82, 2.24) is 4.90 Å². The van der Waals surface area contributed by atoms with Crippen molar-refractivity contribution in [3.63, 3.8) is 0 Å². The quantitative estimate of drug-likeness (QED) is 0.852. The zero-order chi connectivity index (χ0) is 18.8. The Morgan fingerprint density at radius 2 is 1.81 bits per heavy atom. The molecule has 140 valence electrons. The topological polar surface area (TPSA) is 73.9 Å². The fraction of sp³-hybridized carbons (Fsp3) is 0.263. The summed E-state index contributed by atoms with van der Waals surface area (Å²) in [6.07, 6.45) is 0. The molecule has 1 saturated heterocycles. The van der Waals surface area contributed by atoms with Gasteiger partial charge in [0.05, 0.1) is 5.69 Å². The lowest BCUT2D eigenvalue weighted by atomic mass is 10.2. The molecule has 0 spiro atoms. The number of halogens is 1. The molecule has 1 fully saturated rings. The monoisotopic (exact) mass is 370 g/mol. The molecule has 0 bridgehead atoms. The predicted molar refractivity (Wildman–Crippen MR) is 99.8 cm³/mol.